The molecule has 2 atom stereocenters. The van der Waals surface area contributed by atoms with Gasteiger partial charge in [0.25, 0.3) is 0 Å². The predicted octanol–water partition coefficient (Wildman–Crippen LogP) is 1.53. The lowest BCUT2D eigenvalue weighted by atomic mass is 10.2. The van der Waals surface area contributed by atoms with Crippen LogP contribution in [0.1, 0.15) is 19.4 Å². The fourth-order valence-electron chi connectivity index (χ4n) is 2.02. The topological polar surface area (TPSA) is 44.7 Å². The molecule has 114 valence electrons. The second-order valence-corrected chi connectivity index (χ2v) is 5.53. The number of aliphatic hydroxyl groups excluding tert-OH is 1. The maximum atomic E-state index is 9.89. The first-order valence-corrected chi connectivity index (χ1v) is 7.29. The van der Waals surface area contributed by atoms with Crippen molar-refractivity contribution in [3.8, 4) is 5.75 Å². The Balaban J connectivity index is 2.23. The summed E-state index contributed by atoms with van der Waals surface area (Å²) in [5.41, 5.74) is 1.29. The molecule has 1 rings (SSSR count). The fraction of sp³-hybridized carbons (Fsp3) is 0.625. The molecule has 0 fully saturated rings. The maximum Gasteiger partial charge on any atom is 0.119 e. The van der Waals surface area contributed by atoms with Gasteiger partial charge in [0.15, 0.2) is 0 Å². The van der Waals surface area contributed by atoms with Crippen molar-refractivity contribution in [3.63, 3.8) is 0 Å². The Bertz CT molecular complexity index is 365. The number of ether oxygens (including phenoxy) is 1. The second kappa shape index (κ2) is 8.95. The zero-order valence-corrected chi connectivity index (χ0v) is 13.1. The van der Waals surface area contributed by atoms with Crippen molar-refractivity contribution < 1.29 is 9.84 Å². The molecule has 0 bridgehead atoms. The summed E-state index contributed by atoms with van der Waals surface area (Å²) >= 11 is 0. The molecule has 0 aliphatic heterocycles. The summed E-state index contributed by atoms with van der Waals surface area (Å²) in [7, 11) is 4.08. The van der Waals surface area contributed by atoms with E-state index in [0.717, 1.165) is 18.7 Å². The first kappa shape index (κ1) is 17.0. The van der Waals surface area contributed by atoms with Gasteiger partial charge < -0.3 is 20.1 Å². The molecule has 4 nitrogen and oxygen atoms in total. The summed E-state index contributed by atoms with van der Waals surface area (Å²) in [6.07, 6.45) is 0.529. The van der Waals surface area contributed by atoms with Crippen molar-refractivity contribution in [2.24, 2.45) is 0 Å². The van der Waals surface area contributed by atoms with Crippen LogP contribution in [0.25, 0.3) is 0 Å². The number of aliphatic hydroxyl groups is 1. The van der Waals surface area contributed by atoms with E-state index in [1.807, 2.05) is 26.2 Å². The van der Waals surface area contributed by atoms with Crippen molar-refractivity contribution in [2.45, 2.75) is 32.4 Å². The SMILES string of the molecule is CCc1ccc(OCC(O)CNC(C)CN(C)C)cc1. The molecule has 0 amide bonds. The van der Waals surface area contributed by atoms with E-state index in [4.69, 9.17) is 4.74 Å². The third-order valence-electron chi connectivity index (χ3n) is 3.11. The van der Waals surface area contributed by atoms with Crippen LogP contribution in [0.5, 0.6) is 5.75 Å². The van der Waals surface area contributed by atoms with E-state index in [1.54, 1.807) is 0 Å². The lowest BCUT2D eigenvalue weighted by Gasteiger charge is -2.20. The van der Waals surface area contributed by atoms with Crippen LogP contribution >= 0.6 is 0 Å². The van der Waals surface area contributed by atoms with Gasteiger partial charge in [-0.3, -0.25) is 0 Å². The van der Waals surface area contributed by atoms with Crippen molar-refractivity contribution in [1.82, 2.24) is 10.2 Å². The lowest BCUT2D eigenvalue weighted by molar-refractivity contribution is 0.103. The number of likely N-dealkylation sites (N-methyl/N-ethyl adjacent to an activating group) is 1. The van der Waals surface area contributed by atoms with Crippen molar-refractivity contribution in [3.05, 3.63) is 29.8 Å². The van der Waals surface area contributed by atoms with Crippen LogP contribution in [-0.2, 0) is 6.42 Å². The quantitative estimate of drug-likeness (QED) is 0.720. The summed E-state index contributed by atoms with van der Waals surface area (Å²) in [6, 6.07) is 8.36. The number of nitrogens with one attached hydrogen (secondary N) is 1. The molecule has 0 aliphatic carbocycles. The van der Waals surface area contributed by atoms with E-state index >= 15 is 0 Å². The van der Waals surface area contributed by atoms with E-state index in [9.17, 15) is 5.11 Å². The first-order valence-electron chi connectivity index (χ1n) is 7.29. The van der Waals surface area contributed by atoms with Crippen LogP contribution in [0.3, 0.4) is 0 Å². The molecule has 0 saturated heterocycles. The Hall–Kier alpha value is -1.10. The van der Waals surface area contributed by atoms with Crippen LogP contribution in [-0.4, -0.2) is 55.9 Å². The van der Waals surface area contributed by atoms with Gasteiger partial charge in [-0.25, -0.2) is 0 Å². The Morgan fingerprint density at radius 2 is 1.90 bits per heavy atom. The molecule has 0 aromatic heterocycles. The number of nitrogens with zero attached hydrogens (tertiary/aromatic N) is 1. The van der Waals surface area contributed by atoms with E-state index in [2.05, 4.69) is 36.2 Å². The van der Waals surface area contributed by atoms with E-state index in [1.165, 1.54) is 5.56 Å². The Morgan fingerprint density at radius 3 is 2.45 bits per heavy atom. The highest BCUT2D eigenvalue weighted by atomic mass is 16.5. The summed E-state index contributed by atoms with van der Waals surface area (Å²) in [5.74, 6) is 0.808. The Morgan fingerprint density at radius 1 is 1.25 bits per heavy atom. The molecule has 1 aromatic rings. The van der Waals surface area contributed by atoms with Gasteiger partial charge in [0.1, 0.15) is 18.5 Å². The zero-order valence-electron chi connectivity index (χ0n) is 13.1. The third kappa shape index (κ3) is 6.89. The second-order valence-electron chi connectivity index (χ2n) is 5.53. The van der Waals surface area contributed by atoms with Crippen molar-refractivity contribution in [2.75, 3.05) is 33.8 Å². The molecular formula is C16H28N2O2. The minimum Gasteiger partial charge on any atom is -0.491 e. The van der Waals surface area contributed by atoms with Gasteiger partial charge in [0.2, 0.25) is 0 Å². The lowest BCUT2D eigenvalue weighted by Crippen LogP contribution is -2.41. The summed E-state index contributed by atoms with van der Waals surface area (Å²) in [5, 5.41) is 13.2. The highest BCUT2D eigenvalue weighted by Gasteiger charge is 2.08. The maximum absolute atomic E-state index is 9.89. The van der Waals surface area contributed by atoms with Crippen molar-refractivity contribution in [1.29, 1.82) is 0 Å². The largest absolute Gasteiger partial charge is 0.491 e. The minimum atomic E-state index is -0.495. The number of hydrogen-bond donors (Lipinski definition) is 2. The van der Waals surface area contributed by atoms with E-state index in [-0.39, 0.29) is 0 Å². The Kier molecular flexibility index (Phi) is 7.59. The number of hydrogen-bond acceptors (Lipinski definition) is 4. The smallest absolute Gasteiger partial charge is 0.119 e. The highest BCUT2D eigenvalue weighted by molar-refractivity contribution is 5.27. The number of benzene rings is 1. The monoisotopic (exact) mass is 280 g/mol. The summed E-state index contributed by atoms with van der Waals surface area (Å²) in [6.45, 7) is 6.04. The molecule has 0 radical (unpaired) electrons. The average Bonchev–Trinajstić information content (AvgIpc) is 2.42. The zero-order chi connectivity index (χ0) is 15.0. The van der Waals surface area contributed by atoms with Crippen LogP contribution in [0, 0.1) is 0 Å². The molecule has 0 aliphatic rings. The fourth-order valence-corrected chi connectivity index (χ4v) is 2.02. The van der Waals surface area contributed by atoms with Gasteiger partial charge in [0.05, 0.1) is 0 Å². The molecule has 2 N–H and O–H groups in total. The molecule has 0 saturated carbocycles. The first-order chi connectivity index (χ1) is 9.51. The van der Waals surface area contributed by atoms with Crippen LogP contribution in [0.15, 0.2) is 24.3 Å². The third-order valence-corrected chi connectivity index (χ3v) is 3.11. The van der Waals surface area contributed by atoms with E-state index < -0.39 is 6.10 Å². The van der Waals surface area contributed by atoms with Gasteiger partial charge in [-0.2, -0.15) is 0 Å². The van der Waals surface area contributed by atoms with Gasteiger partial charge in [0, 0.05) is 19.1 Å². The van der Waals surface area contributed by atoms with Crippen LogP contribution in [0.4, 0.5) is 0 Å². The van der Waals surface area contributed by atoms with E-state index in [0.29, 0.717) is 19.2 Å². The van der Waals surface area contributed by atoms with Gasteiger partial charge >= 0.3 is 0 Å². The molecule has 1 aromatic carbocycles. The minimum absolute atomic E-state index is 0.313. The summed E-state index contributed by atoms with van der Waals surface area (Å²) < 4.78 is 5.58. The van der Waals surface area contributed by atoms with Gasteiger partial charge in [-0.05, 0) is 45.1 Å². The molecule has 0 heterocycles. The van der Waals surface area contributed by atoms with Gasteiger partial charge in [-0.15, -0.1) is 0 Å². The highest BCUT2D eigenvalue weighted by Crippen LogP contribution is 2.12. The van der Waals surface area contributed by atoms with Crippen LogP contribution < -0.4 is 10.1 Å². The Labute approximate surface area is 122 Å². The van der Waals surface area contributed by atoms with Gasteiger partial charge in [-0.1, -0.05) is 19.1 Å². The molecule has 0 spiro atoms. The molecule has 20 heavy (non-hydrogen) atoms. The normalized spacial score (nSPS) is 14.3. The molecule has 4 heteroatoms. The molecule has 2 unspecified atom stereocenters. The summed E-state index contributed by atoms with van der Waals surface area (Å²) in [4.78, 5) is 2.12. The van der Waals surface area contributed by atoms with Crippen LogP contribution in [0.2, 0.25) is 0 Å². The number of rotatable bonds is 9. The number of aryl methyl sites for hydroxylation is 1. The molecular weight excluding hydrogens is 252 g/mol. The van der Waals surface area contributed by atoms with Crippen molar-refractivity contribution >= 4 is 0 Å². The predicted molar refractivity (Wildman–Crippen MR) is 83.3 cm³/mol. The standard InChI is InChI=1S/C16H28N2O2/c1-5-14-6-8-16(9-7-14)20-12-15(19)10-17-13(2)11-18(3)4/h6-9,13,15,17,19H,5,10-12H2,1-4H3. The average molecular weight is 280 g/mol.